The molecule has 11 heteroatoms. The highest BCUT2D eigenvalue weighted by Crippen LogP contribution is 2.19. The smallest absolute Gasteiger partial charge is 0.407 e. The summed E-state index contributed by atoms with van der Waals surface area (Å²) >= 11 is 3.21. The summed E-state index contributed by atoms with van der Waals surface area (Å²) in [6.45, 7) is 2.99. The minimum atomic E-state index is -1.42. The van der Waals surface area contributed by atoms with Crippen LogP contribution in [0.25, 0.3) is 0 Å². The van der Waals surface area contributed by atoms with Crippen molar-refractivity contribution in [1.29, 1.82) is 0 Å². The number of amides is 3. The third-order valence-corrected chi connectivity index (χ3v) is 4.93. The fraction of sp³-hybridized carbons (Fsp3) is 0.167. The topological polar surface area (TPSA) is 154 Å². The first-order valence-electron chi connectivity index (χ1n) is 10.1. The molecule has 35 heavy (non-hydrogen) atoms. The Labute approximate surface area is 209 Å². The van der Waals surface area contributed by atoms with E-state index in [1.807, 2.05) is 0 Å². The monoisotopic (exact) mass is 543 g/mol. The number of rotatable bonds is 9. The normalized spacial score (nSPS) is 10.7. The number of nitrogens with one attached hydrogen (secondary N) is 3. The molecule has 2 aromatic rings. The van der Waals surface area contributed by atoms with E-state index in [-0.39, 0.29) is 34.5 Å². The maximum Gasteiger partial charge on any atom is 0.407 e. The van der Waals surface area contributed by atoms with E-state index in [4.69, 9.17) is 4.74 Å². The number of hydrogen-bond donors (Lipinski definition) is 5. The molecule has 5 N–H and O–H groups in total. The van der Waals surface area contributed by atoms with Gasteiger partial charge in [0, 0.05) is 15.6 Å². The van der Waals surface area contributed by atoms with Crippen molar-refractivity contribution in [1.82, 2.24) is 16.0 Å². The van der Waals surface area contributed by atoms with Gasteiger partial charge in [-0.3, -0.25) is 9.59 Å². The van der Waals surface area contributed by atoms with Crippen molar-refractivity contribution in [2.24, 2.45) is 0 Å². The number of carbonyl (C=O) groups is 4. The van der Waals surface area contributed by atoms with E-state index in [2.05, 4.69) is 50.3 Å². The number of phenolic OH excluding ortho intramolecular Hbond substituents is 1. The first-order valence-corrected chi connectivity index (χ1v) is 10.9. The van der Waals surface area contributed by atoms with Gasteiger partial charge in [0.15, 0.2) is 0 Å². The maximum absolute atomic E-state index is 12.5. The van der Waals surface area contributed by atoms with Gasteiger partial charge in [-0.2, -0.15) is 0 Å². The molecule has 0 saturated heterocycles. The second kappa shape index (κ2) is 13.4. The Balaban J connectivity index is 1.96. The Hall–Kier alpha value is -4.30. The van der Waals surface area contributed by atoms with Crippen molar-refractivity contribution in [3.8, 4) is 17.6 Å². The Kier molecular flexibility index (Phi) is 10.3. The summed E-state index contributed by atoms with van der Waals surface area (Å²) in [7, 11) is 0. The van der Waals surface area contributed by atoms with Crippen molar-refractivity contribution in [3.63, 3.8) is 0 Å². The van der Waals surface area contributed by atoms with Gasteiger partial charge >= 0.3 is 12.1 Å². The van der Waals surface area contributed by atoms with Gasteiger partial charge in [0.1, 0.15) is 18.4 Å². The van der Waals surface area contributed by atoms with Crippen molar-refractivity contribution >= 4 is 39.8 Å². The SMILES string of the molecule is C=CCOC(=O)NC[C@H](NC(=O)c1ccc(C(=O)NCC#Cc2cccc(O)c2)cc1Br)C(=O)O. The van der Waals surface area contributed by atoms with Gasteiger partial charge in [0.2, 0.25) is 0 Å². The molecule has 182 valence electrons. The number of alkyl carbamates (subject to hydrolysis) is 1. The fourth-order valence-corrected chi connectivity index (χ4v) is 3.16. The molecule has 3 amide bonds. The predicted octanol–water partition coefficient (Wildman–Crippen LogP) is 2.03. The summed E-state index contributed by atoms with van der Waals surface area (Å²) in [5, 5.41) is 25.9. The van der Waals surface area contributed by atoms with Crippen molar-refractivity contribution in [2.45, 2.75) is 6.04 Å². The van der Waals surface area contributed by atoms with Crippen molar-refractivity contribution in [3.05, 3.63) is 76.3 Å². The number of aliphatic carboxylic acids is 1. The van der Waals surface area contributed by atoms with E-state index in [0.717, 1.165) is 0 Å². The lowest BCUT2D eigenvalue weighted by Crippen LogP contribution is -2.48. The zero-order chi connectivity index (χ0) is 25.8. The minimum Gasteiger partial charge on any atom is -0.508 e. The maximum atomic E-state index is 12.5. The highest BCUT2D eigenvalue weighted by atomic mass is 79.9. The van der Waals surface area contributed by atoms with E-state index >= 15 is 0 Å². The molecule has 0 unspecified atom stereocenters. The number of carboxylic acids is 1. The highest BCUT2D eigenvalue weighted by molar-refractivity contribution is 9.10. The standard InChI is InChI=1S/C24H22BrN3O7/c1-2-11-35-24(34)27-14-20(23(32)33)28-22(31)18-9-8-16(13-19(18)25)21(30)26-10-4-6-15-5-3-7-17(29)12-15/h2-3,5,7-9,12-13,20,29H,1,10-11,14H2,(H,26,30)(H,27,34)(H,28,31)(H,32,33)/t20-/m0/s1. The van der Waals surface area contributed by atoms with Gasteiger partial charge in [0.25, 0.3) is 11.8 Å². The Morgan fingerprint density at radius 2 is 1.89 bits per heavy atom. The van der Waals surface area contributed by atoms with Crippen LogP contribution in [-0.2, 0) is 9.53 Å². The summed E-state index contributed by atoms with van der Waals surface area (Å²) in [6.07, 6.45) is 0.496. The molecule has 0 radical (unpaired) electrons. The van der Waals surface area contributed by atoms with Crippen LogP contribution in [0.4, 0.5) is 4.79 Å². The molecule has 10 nitrogen and oxygen atoms in total. The van der Waals surface area contributed by atoms with Gasteiger partial charge < -0.3 is 30.9 Å². The number of hydrogen-bond acceptors (Lipinski definition) is 6. The quantitative estimate of drug-likeness (QED) is 0.239. The number of benzene rings is 2. The summed E-state index contributed by atoms with van der Waals surface area (Å²) in [6, 6.07) is 9.14. The summed E-state index contributed by atoms with van der Waals surface area (Å²) in [4.78, 5) is 47.8. The zero-order valence-corrected chi connectivity index (χ0v) is 19.9. The third-order valence-electron chi connectivity index (χ3n) is 4.28. The van der Waals surface area contributed by atoms with Crippen LogP contribution in [-0.4, -0.2) is 59.8 Å². The molecular formula is C24H22BrN3O7. The summed E-state index contributed by atoms with van der Waals surface area (Å²) < 4.78 is 4.95. The third kappa shape index (κ3) is 8.87. The summed E-state index contributed by atoms with van der Waals surface area (Å²) in [5.74, 6) is 3.14. The molecule has 2 rings (SSSR count). The van der Waals surface area contributed by atoms with Crippen LogP contribution in [0.1, 0.15) is 26.3 Å². The number of phenols is 1. The molecule has 0 saturated carbocycles. The van der Waals surface area contributed by atoms with Crippen LogP contribution in [0.5, 0.6) is 5.75 Å². The molecule has 2 aromatic carbocycles. The number of ether oxygens (including phenoxy) is 1. The highest BCUT2D eigenvalue weighted by Gasteiger charge is 2.23. The van der Waals surface area contributed by atoms with Gasteiger partial charge in [-0.15, -0.1) is 0 Å². The van der Waals surface area contributed by atoms with Crippen LogP contribution in [0.2, 0.25) is 0 Å². The van der Waals surface area contributed by atoms with Crippen LogP contribution in [0.3, 0.4) is 0 Å². The van der Waals surface area contributed by atoms with Crippen molar-refractivity contribution < 1.29 is 34.1 Å². The van der Waals surface area contributed by atoms with Crippen LogP contribution in [0.15, 0.2) is 59.6 Å². The van der Waals surface area contributed by atoms with Gasteiger partial charge in [-0.25, -0.2) is 9.59 Å². The van der Waals surface area contributed by atoms with E-state index in [0.29, 0.717) is 5.56 Å². The first-order chi connectivity index (χ1) is 16.7. The number of halogens is 1. The molecule has 1 atom stereocenters. The second-order valence-corrected chi connectivity index (χ2v) is 7.72. The van der Waals surface area contributed by atoms with Crippen LogP contribution >= 0.6 is 15.9 Å². The number of aromatic hydroxyl groups is 1. The second-order valence-electron chi connectivity index (χ2n) is 6.86. The summed E-state index contributed by atoms with van der Waals surface area (Å²) in [5.41, 5.74) is 0.931. The van der Waals surface area contributed by atoms with Gasteiger partial charge in [0.05, 0.1) is 18.7 Å². The van der Waals surface area contributed by atoms with Gasteiger partial charge in [-0.1, -0.05) is 30.6 Å². The van der Waals surface area contributed by atoms with Crippen LogP contribution in [0, 0.1) is 11.8 Å². The lowest BCUT2D eigenvalue weighted by Gasteiger charge is -2.16. The van der Waals surface area contributed by atoms with Gasteiger partial charge in [-0.05, 0) is 52.3 Å². The molecule has 0 aromatic heterocycles. The number of carbonyl (C=O) groups excluding carboxylic acids is 3. The molecule has 0 aliphatic carbocycles. The lowest BCUT2D eigenvalue weighted by molar-refractivity contribution is -0.139. The first kappa shape index (κ1) is 26.9. The average Bonchev–Trinajstić information content (AvgIpc) is 2.82. The largest absolute Gasteiger partial charge is 0.508 e. The zero-order valence-electron chi connectivity index (χ0n) is 18.3. The minimum absolute atomic E-state index is 0.0487. The molecule has 0 aliphatic heterocycles. The molecule has 0 aliphatic rings. The molecule has 0 spiro atoms. The average molecular weight is 544 g/mol. The molecule has 0 heterocycles. The van der Waals surface area contributed by atoms with E-state index in [1.54, 1.807) is 12.1 Å². The van der Waals surface area contributed by atoms with Crippen LogP contribution < -0.4 is 16.0 Å². The molecule has 0 fully saturated rings. The van der Waals surface area contributed by atoms with E-state index in [1.165, 1.54) is 36.4 Å². The molecular weight excluding hydrogens is 522 g/mol. The van der Waals surface area contributed by atoms with E-state index < -0.39 is 36.5 Å². The lowest BCUT2D eigenvalue weighted by atomic mass is 10.1. The predicted molar refractivity (Wildman–Crippen MR) is 130 cm³/mol. The number of carboxylic acid groups (broad SMARTS) is 1. The Bertz CT molecular complexity index is 1190. The fourth-order valence-electron chi connectivity index (χ4n) is 2.60. The van der Waals surface area contributed by atoms with Crippen molar-refractivity contribution in [2.75, 3.05) is 19.7 Å². The van der Waals surface area contributed by atoms with E-state index in [9.17, 15) is 29.4 Å². The Morgan fingerprint density at radius 1 is 1.11 bits per heavy atom. The molecule has 0 bridgehead atoms. The Morgan fingerprint density at radius 3 is 2.54 bits per heavy atom.